The second-order valence-corrected chi connectivity index (χ2v) is 8.77. The monoisotopic (exact) mass is 439 g/mol. The summed E-state index contributed by atoms with van der Waals surface area (Å²) in [5.74, 6) is -2.55. The molecule has 6 nitrogen and oxygen atoms in total. The Morgan fingerprint density at radius 3 is 2.62 bits per heavy atom. The largest absolute Gasteiger partial charge is 0.465 e. The van der Waals surface area contributed by atoms with E-state index >= 15 is 0 Å². The Labute approximate surface area is 188 Å². The predicted molar refractivity (Wildman–Crippen MR) is 120 cm³/mol. The van der Waals surface area contributed by atoms with Crippen LogP contribution in [0.3, 0.4) is 0 Å². The Morgan fingerprint density at radius 1 is 1.22 bits per heavy atom. The summed E-state index contributed by atoms with van der Waals surface area (Å²) >= 11 is 0. The zero-order valence-corrected chi connectivity index (χ0v) is 18.5. The molecule has 0 aliphatic carbocycles. The van der Waals surface area contributed by atoms with E-state index in [0.717, 1.165) is 6.54 Å². The average molecular weight is 440 g/mol. The molecule has 0 saturated carbocycles. The molecule has 1 amide bonds. The van der Waals surface area contributed by atoms with Gasteiger partial charge < -0.3 is 15.4 Å². The number of likely N-dealkylation sites (tertiary alicyclic amines) is 1. The van der Waals surface area contributed by atoms with E-state index in [1.54, 1.807) is 24.0 Å². The van der Waals surface area contributed by atoms with Crippen LogP contribution in [0.25, 0.3) is 0 Å². The van der Waals surface area contributed by atoms with Crippen LogP contribution in [0.15, 0.2) is 54.6 Å². The first-order valence-corrected chi connectivity index (χ1v) is 11.2. The number of piperidine rings is 1. The first-order chi connectivity index (χ1) is 15.4. The summed E-state index contributed by atoms with van der Waals surface area (Å²) in [6.45, 7) is 5.49. The highest BCUT2D eigenvalue weighted by atomic mass is 19.1. The van der Waals surface area contributed by atoms with Gasteiger partial charge in [-0.25, -0.2) is 4.39 Å². The van der Waals surface area contributed by atoms with Gasteiger partial charge in [-0.3, -0.25) is 14.5 Å². The maximum Gasteiger partial charge on any atom is 0.320 e. The third-order valence-corrected chi connectivity index (χ3v) is 6.85. The maximum absolute atomic E-state index is 14.1. The highest BCUT2D eigenvalue weighted by Crippen LogP contribution is 2.46. The molecular weight excluding hydrogens is 409 g/mol. The lowest BCUT2D eigenvalue weighted by Gasteiger charge is -2.50. The van der Waals surface area contributed by atoms with Gasteiger partial charge in [-0.2, -0.15) is 0 Å². The summed E-state index contributed by atoms with van der Waals surface area (Å²) in [6.07, 6.45) is 1.17. The van der Waals surface area contributed by atoms with Crippen molar-refractivity contribution < 1.29 is 18.7 Å². The van der Waals surface area contributed by atoms with Crippen molar-refractivity contribution in [3.63, 3.8) is 0 Å². The van der Waals surface area contributed by atoms with Gasteiger partial charge in [-0.05, 0) is 50.5 Å². The quantitative estimate of drug-likeness (QED) is 0.572. The Balaban J connectivity index is 1.67. The molecule has 2 aromatic rings. The summed E-state index contributed by atoms with van der Waals surface area (Å²) in [6, 6.07) is 15.5. The highest BCUT2D eigenvalue weighted by Gasteiger charge is 2.61. The van der Waals surface area contributed by atoms with E-state index < -0.39 is 35.2 Å². The lowest BCUT2D eigenvalue weighted by molar-refractivity contribution is -0.151. The van der Waals surface area contributed by atoms with E-state index in [1.807, 2.05) is 18.2 Å². The molecule has 2 heterocycles. The van der Waals surface area contributed by atoms with E-state index in [-0.39, 0.29) is 12.6 Å². The van der Waals surface area contributed by atoms with Gasteiger partial charge in [0.2, 0.25) is 5.91 Å². The molecule has 2 unspecified atom stereocenters. The van der Waals surface area contributed by atoms with Gasteiger partial charge in [-0.15, -0.1) is 0 Å². The van der Waals surface area contributed by atoms with Gasteiger partial charge in [0.05, 0.1) is 18.2 Å². The molecule has 32 heavy (non-hydrogen) atoms. The van der Waals surface area contributed by atoms with Crippen LogP contribution < -0.4 is 10.6 Å². The van der Waals surface area contributed by atoms with E-state index in [0.29, 0.717) is 25.1 Å². The Kier molecular flexibility index (Phi) is 6.31. The number of hydrogen-bond acceptors (Lipinski definition) is 5. The number of halogens is 1. The number of ether oxygens (including phenoxy) is 1. The lowest BCUT2D eigenvalue weighted by atomic mass is 9.76. The van der Waals surface area contributed by atoms with Crippen LogP contribution in [0, 0.1) is 11.7 Å². The smallest absolute Gasteiger partial charge is 0.320 e. The summed E-state index contributed by atoms with van der Waals surface area (Å²) in [4.78, 5) is 30.1. The lowest BCUT2D eigenvalue weighted by Crippen LogP contribution is -2.62. The minimum absolute atomic E-state index is 0.111. The first-order valence-electron chi connectivity index (χ1n) is 11.2. The Hall–Kier alpha value is -2.77. The number of carbonyl (C=O) groups is 2. The molecule has 4 rings (SSSR count). The van der Waals surface area contributed by atoms with Crippen molar-refractivity contribution >= 4 is 17.6 Å². The summed E-state index contributed by atoms with van der Waals surface area (Å²) in [5.41, 5.74) is 7.53. The molecular formula is C25H30FN3O3. The second-order valence-electron chi connectivity index (χ2n) is 8.77. The van der Waals surface area contributed by atoms with E-state index in [4.69, 9.17) is 10.5 Å². The molecule has 2 aliphatic heterocycles. The maximum atomic E-state index is 14.1. The number of carbonyl (C=O) groups excluding carboxylic acids is 2. The van der Waals surface area contributed by atoms with Crippen LogP contribution in [-0.4, -0.2) is 47.6 Å². The zero-order valence-electron chi connectivity index (χ0n) is 18.5. The van der Waals surface area contributed by atoms with Crippen molar-refractivity contribution in [3.8, 4) is 0 Å². The molecule has 2 saturated heterocycles. The van der Waals surface area contributed by atoms with E-state index in [9.17, 15) is 14.0 Å². The van der Waals surface area contributed by atoms with Crippen molar-refractivity contribution in [2.24, 2.45) is 11.7 Å². The minimum Gasteiger partial charge on any atom is -0.465 e. The topological polar surface area (TPSA) is 75.9 Å². The number of nitrogens with zero attached hydrogens (tertiary/aromatic N) is 2. The molecule has 0 aromatic heterocycles. The van der Waals surface area contributed by atoms with Gasteiger partial charge >= 0.3 is 5.97 Å². The summed E-state index contributed by atoms with van der Waals surface area (Å²) in [7, 11) is 0. The Bertz CT molecular complexity index is 985. The van der Waals surface area contributed by atoms with Gasteiger partial charge in [-0.1, -0.05) is 36.4 Å². The molecule has 4 atom stereocenters. The van der Waals surface area contributed by atoms with Crippen molar-refractivity contribution in [2.75, 3.05) is 18.1 Å². The molecule has 7 heteroatoms. The molecule has 0 radical (unpaired) electrons. The first kappa shape index (κ1) is 22.4. The minimum atomic E-state index is -1.09. The molecule has 170 valence electrons. The number of anilines is 1. The third kappa shape index (κ3) is 3.91. The number of rotatable bonds is 5. The van der Waals surface area contributed by atoms with Crippen molar-refractivity contribution in [2.45, 2.75) is 50.9 Å². The number of esters is 1. The van der Waals surface area contributed by atoms with Crippen LogP contribution >= 0.6 is 0 Å². The van der Waals surface area contributed by atoms with Gasteiger partial charge in [0.15, 0.2) is 5.92 Å². The SMILES string of the molecule is CCOC(=O)C1C(=O)N(c2cccc(F)c2)[C@@]2(CCN(Cc3ccccc3)[C@@H](C)C2)C1N. The standard InChI is InChI=1S/C25H30FN3O3/c1-3-32-24(31)21-22(27)25(29(23(21)30)20-11-7-10-19(26)14-20)12-13-28(17(2)15-25)16-18-8-5-4-6-9-18/h4-11,14,17,21-22H,3,12-13,15-16,27H2,1-2H3/t17-,21?,22?,25+/m0/s1. The van der Waals surface area contributed by atoms with Crippen LogP contribution in [0.2, 0.25) is 0 Å². The van der Waals surface area contributed by atoms with Gasteiger partial charge in [0.1, 0.15) is 5.82 Å². The van der Waals surface area contributed by atoms with E-state index in [1.165, 1.54) is 17.7 Å². The number of nitrogens with two attached hydrogens (primary N) is 1. The summed E-state index contributed by atoms with van der Waals surface area (Å²) < 4.78 is 19.3. The van der Waals surface area contributed by atoms with Crippen LogP contribution in [0.5, 0.6) is 0 Å². The van der Waals surface area contributed by atoms with Crippen molar-refractivity contribution in [3.05, 3.63) is 66.0 Å². The molecule has 1 spiro atoms. The molecule has 0 bridgehead atoms. The normalized spacial score (nSPS) is 28.3. The van der Waals surface area contributed by atoms with Gasteiger partial charge in [0.25, 0.3) is 0 Å². The Morgan fingerprint density at radius 2 is 1.97 bits per heavy atom. The fourth-order valence-corrected chi connectivity index (χ4v) is 5.31. The average Bonchev–Trinajstić information content (AvgIpc) is 2.97. The molecule has 2 fully saturated rings. The number of amides is 1. The third-order valence-electron chi connectivity index (χ3n) is 6.85. The predicted octanol–water partition coefficient (Wildman–Crippen LogP) is 3.10. The van der Waals surface area contributed by atoms with Crippen molar-refractivity contribution in [1.29, 1.82) is 0 Å². The number of hydrogen-bond donors (Lipinski definition) is 1. The second kappa shape index (κ2) is 9.00. The summed E-state index contributed by atoms with van der Waals surface area (Å²) in [5, 5.41) is 0. The van der Waals surface area contributed by atoms with Crippen LogP contribution in [0.4, 0.5) is 10.1 Å². The van der Waals surface area contributed by atoms with Crippen LogP contribution in [0.1, 0.15) is 32.3 Å². The van der Waals surface area contributed by atoms with Crippen molar-refractivity contribution in [1.82, 2.24) is 4.90 Å². The fourth-order valence-electron chi connectivity index (χ4n) is 5.31. The molecule has 2 aliphatic rings. The molecule has 2 aromatic carbocycles. The fraction of sp³-hybridized carbons (Fsp3) is 0.440. The van der Waals surface area contributed by atoms with Gasteiger partial charge in [0, 0.05) is 24.8 Å². The number of benzene rings is 2. The highest BCUT2D eigenvalue weighted by molar-refractivity contribution is 6.10. The molecule has 2 N–H and O–H groups in total. The van der Waals surface area contributed by atoms with E-state index in [2.05, 4.69) is 24.0 Å². The zero-order chi connectivity index (χ0) is 22.9. The van der Waals surface area contributed by atoms with Crippen LogP contribution in [-0.2, 0) is 20.9 Å².